The fraction of sp³-hybridized carbons (Fsp3) is 0.464. The molecule has 1 heterocycles. The second-order valence-corrected chi connectivity index (χ2v) is 13.3. The second kappa shape index (κ2) is 15.1. The molecule has 4 rings (SSSR count). The van der Waals surface area contributed by atoms with Crippen molar-refractivity contribution < 1.29 is 9.53 Å². The van der Waals surface area contributed by atoms with E-state index in [0.717, 1.165) is 44.0 Å². The topological polar surface area (TPSA) is 175 Å². The first-order valence-electron chi connectivity index (χ1n) is 12.7. The number of nitrogens with zero attached hydrogens (tertiary/aromatic N) is 9. The van der Waals surface area contributed by atoms with Gasteiger partial charge in [-0.3, -0.25) is 4.90 Å². The van der Waals surface area contributed by atoms with Crippen molar-refractivity contribution in [2.24, 2.45) is 10.2 Å². The molecule has 0 saturated carbocycles. The molecule has 1 aliphatic heterocycles. The summed E-state index contributed by atoms with van der Waals surface area (Å²) in [5, 5.41) is 26.0. The van der Waals surface area contributed by atoms with Crippen LogP contribution in [0.3, 0.4) is 0 Å². The maximum Gasteiger partial charge on any atom is 0.414 e. The predicted molar refractivity (Wildman–Crippen MR) is 183 cm³/mol. The number of fused-ring (bicyclic) bond motifs is 2. The minimum atomic E-state index is -0.650. The predicted octanol–water partition coefficient (Wildman–Crippen LogP) is 8.70. The molecule has 2 aromatic rings. The quantitative estimate of drug-likeness (QED) is 0.173. The van der Waals surface area contributed by atoms with E-state index in [0.29, 0.717) is 17.8 Å². The highest BCUT2D eigenvalue weighted by atomic mass is 79.9. The Morgan fingerprint density at radius 3 is 2.00 bits per heavy atom. The van der Waals surface area contributed by atoms with E-state index < -0.39 is 17.1 Å². The zero-order valence-electron chi connectivity index (χ0n) is 24.4. The number of hydrogen-bond donors (Lipinski definition) is 0. The number of hydrogen-bond acceptors (Lipinski definition) is 6. The molecule has 15 heteroatoms. The van der Waals surface area contributed by atoms with Gasteiger partial charge in [0.1, 0.15) is 11.7 Å². The lowest BCUT2D eigenvalue weighted by molar-refractivity contribution is 0.0579. The summed E-state index contributed by atoms with van der Waals surface area (Å²) in [6.07, 6.45) is 1.28. The molecule has 0 saturated heterocycles. The van der Waals surface area contributed by atoms with Crippen LogP contribution in [0.4, 0.5) is 10.5 Å². The van der Waals surface area contributed by atoms with E-state index in [-0.39, 0.29) is 45.5 Å². The molecule has 2 aromatic carbocycles. The summed E-state index contributed by atoms with van der Waals surface area (Å²) >= 11 is 6.81. The molecule has 228 valence electrons. The number of anilines is 1. The van der Waals surface area contributed by atoms with Crippen LogP contribution in [0.5, 0.6) is 0 Å². The van der Waals surface area contributed by atoms with Gasteiger partial charge in [-0.15, -0.1) is 0 Å². The van der Waals surface area contributed by atoms with Gasteiger partial charge in [0.2, 0.25) is 0 Å². The van der Waals surface area contributed by atoms with Crippen molar-refractivity contribution in [1.29, 1.82) is 10.5 Å². The molecule has 2 aliphatic rings. The van der Waals surface area contributed by atoms with Crippen LogP contribution in [0, 0.1) is 22.7 Å². The smallest absolute Gasteiger partial charge is 0.414 e. The Morgan fingerprint density at radius 2 is 1.49 bits per heavy atom. The molecular formula is C28H33Br2N9O2S2. The third-order valence-corrected chi connectivity index (χ3v) is 8.03. The van der Waals surface area contributed by atoms with Crippen molar-refractivity contribution in [3.63, 3.8) is 0 Å². The van der Waals surface area contributed by atoms with Gasteiger partial charge in [0.05, 0.1) is 22.9 Å². The first-order valence-corrected chi connectivity index (χ1v) is 14.3. The van der Waals surface area contributed by atoms with E-state index >= 15 is 0 Å². The van der Waals surface area contributed by atoms with Crippen LogP contribution in [0.25, 0.3) is 20.9 Å². The van der Waals surface area contributed by atoms with E-state index in [1.54, 1.807) is 26.8 Å². The number of amides is 1. The molecule has 0 spiro atoms. The fourth-order valence-corrected chi connectivity index (χ4v) is 6.09. The van der Waals surface area contributed by atoms with E-state index in [4.69, 9.17) is 21.1 Å². The first-order chi connectivity index (χ1) is 19.2. The second-order valence-electron chi connectivity index (χ2n) is 11.5. The van der Waals surface area contributed by atoms with Gasteiger partial charge in [-0.2, -0.15) is 37.5 Å². The highest BCUT2D eigenvalue weighted by molar-refractivity contribution is 9.10. The maximum atomic E-state index is 12.6. The molecule has 0 radical (unpaired) electrons. The van der Waals surface area contributed by atoms with Gasteiger partial charge in [0.15, 0.2) is 0 Å². The van der Waals surface area contributed by atoms with E-state index in [1.165, 1.54) is 4.90 Å². The lowest BCUT2D eigenvalue weighted by Gasteiger charge is -2.26. The minimum absolute atomic E-state index is 0. The van der Waals surface area contributed by atoms with E-state index in [1.807, 2.05) is 25.1 Å². The summed E-state index contributed by atoms with van der Waals surface area (Å²) in [6, 6.07) is 11.8. The van der Waals surface area contributed by atoms with E-state index in [9.17, 15) is 10.1 Å². The van der Waals surface area contributed by atoms with Crippen LogP contribution in [0.1, 0.15) is 68.9 Å². The molecule has 0 unspecified atom stereocenters. The van der Waals surface area contributed by atoms with E-state index in [2.05, 4.69) is 71.0 Å². The van der Waals surface area contributed by atoms with Crippen molar-refractivity contribution in [1.82, 2.24) is 0 Å². The van der Waals surface area contributed by atoms with Crippen LogP contribution in [-0.4, -0.2) is 31.3 Å². The molecular weight excluding hydrogens is 718 g/mol. The number of carbonyl (C=O) groups is 1. The summed E-state index contributed by atoms with van der Waals surface area (Å²) in [6.45, 7) is 10.2. The van der Waals surface area contributed by atoms with Gasteiger partial charge in [-0.25, -0.2) is 4.79 Å². The highest BCUT2D eigenvalue weighted by Crippen LogP contribution is 2.45. The number of azide groups is 2. The van der Waals surface area contributed by atoms with Crippen molar-refractivity contribution in [2.45, 2.75) is 63.9 Å². The summed E-state index contributed by atoms with van der Waals surface area (Å²) in [7, 11) is 0. The third-order valence-electron chi connectivity index (χ3n) is 7.11. The van der Waals surface area contributed by atoms with Gasteiger partial charge in [-0.1, -0.05) is 55.9 Å². The van der Waals surface area contributed by atoms with Gasteiger partial charge in [0, 0.05) is 43.8 Å². The number of rotatable bonds is 4. The van der Waals surface area contributed by atoms with Crippen molar-refractivity contribution in [3.05, 3.63) is 81.9 Å². The van der Waals surface area contributed by atoms with Gasteiger partial charge in [0.25, 0.3) is 0 Å². The molecule has 0 bridgehead atoms. The normalized spacial score (nSPS) is 19.2. The SMILES string of the molecule is CC(C)(C)OC(=O)N1C[C@@](C)(CN=[N+]=[N-])c2cc(Br)cc(C#N)c21.C[C@@]1(CN=[N+]=[N-])CCc2c(C#N)cc(Br)cc21.S.S. The lowest BCUT2D eigenvalue weighted by atomic mass is 9.84. The molecule has 11 nitrogen and oxygen atoms in total. The summed E-state index contributed by atoms with van der Waals surface area (Å²) in [5.74, 6) is 0. The van der Waals surface area contributed by atoms with Crippen molar-refractivity contribution in [2.75, 3.05) is 24.5 Å². The van der Waals surface area contributed by atoms with Crippen LogP contribution in [0.2, 0.25) is 0 Å². The Labute approximate surface area is 282 Å². The molecule has 2 atom stereocenters. The number of benzene rings is 2. The van der Waals surface area contributed by atoms with Crippen LogP contribution >= 0.6 is 58.9 Å². The molecule has 0 aromatic heterocycles. The molecule has 0 N–H and O–H groups in total. The molecule has 1 aliphatic carbocycles. The number of halogens is 2. The zero-order chi connectivity index (χ0) is 30.6. The Hall–Kier alpha value is -3.03. The molecule has 1 amide bonds. The van der Waals surface area contributed by atoms with Crippen molar-refractivity contribution >= 4 is 70.6 Å². The Balaban J connectivity index is 0.000000432. The molecule has 0 fully saturated rings. The standard InChI is InChI=1S/C16H18BrN5O2.C12H11BrN4.2H2S/c1-15(2,3)24-14(23)22-9-16(4,8-20-21-19)12-6-11(17)5-10(7-18)13(12)22;1-12(7-16-17-15)3-2-10-8(6-14)4-9(13)5-11(10)12;;/h5-6H,8-9H2,1-4H3;4-5H,2-3,7H2,1H3;2*1H2/t16-;12-;;/m10../s1. The average Bonchev–Trinajstić information content (AvgIpc) is 3.39. The summed E-state index contributed by atoms with van der Waals surface area (Å²) in [4.78, 5) is 19.7. The number of carbonyl (C=O) groups excluding carboxylic acids is 1. The van der Waals surface area contributed by atoms with Crippen LogP contribution in [0.15, 0.2) is 43.4 Å². The minimum Gasteiger partial charge on any atom is -0.443 e. The average molecular weight is 752 g/mol. The lowest BCUT2D eigenvalue weighted by Crippen LogP contribution is -2.40. The fourth-order valence-electron chi connectivity index (χ4n) is 5.18. The zero-order valence-corrected chi connectivity index (χ0v) is 29.6. The van der Waals surface area contributed by atoms with Crippen molar-refractivity contribution in [3.8, 4) is 12.1 Å². The Morgan fingerprint density at radius 1 is 0.977 bits per heavy atom. The third kappa shape index (κ3) is 8.54. The molecule has 43 heavy (non-hydrogen) atoms. The number of ether oxygens (including phenoxy) is 1. The summed E-state index contributed by atoms with van der Waals surface area (Å²) in [5.41, 5.74) is 20.4. The van der Waals surface area contributed by atoms with Crippen LogP contribution in [-0.2, 0) is 22.0 Å². The maximum absolute atomic E-state index is 12.6. The summed E-state index contributed by atoms with van der Waals surface area (Å²) < 4.78 is 7.11. The van der Waals surface area contributed by atoms with Gasteiger partial charge < -0.3 is 4.74 Å². The Bertz CT molecular complexity index is 1570. The highest BCUT2D eigenvalue weighted by Gasteiger charge is 2.44. The van der Waals surface area contributed by atoms with Gasteiger partial charge in [-0.05, 0) is 91.0 Å². The largest absolute Gasteiger partial charge is 0.443 e. The Kier molecular flexibility index (Phi) is 13.4. The van der Waals surface area contributed by atoms with Gasteiger partial charge >= 0.3 is 6.09 Å². The monoisotopic (exact) mass is 749 g/mol. The number of nitriles is 2. The van der Waals surface area contributed by atoms with Crippen LogP contribution < -0.4 is 4.90 Å². The first kappa shape index (κ1) is 38.0.